The molecule has 120 valence electrons. The van der Waals surface area contributed by atoms with E-state index in [1.165, 1.54) is 4.90 Å². The molecule has 2 rings (SSSR count). The molecule has 0 saturated heterocycles. The molecule has 0 aliphatic heterocycles. The molecular formula is C19H21NO3. The summed E-state index contributed by atoms with van der Waals surface area (Å²) in [4.78, 5) is 25.5. The fourth-order valence-electron chi connectivity index (χ4n) is 2.26. The van der Waals surface area contributed by atoms with Crippen molar-refractivity contribution in [1.82, 2.24) is 0 Å². The Labute approximate surface area is 136 Å². The second-order valence-electron chi connectivity index (χ2n) is 5.62. The maximum atomic E-state index is 12.1. The number of ether oxygens (including phenoxy) is 1. The Morgan fingerprint density at radius 1 is 1.00 bits per heavy atom. The van der Waals surface area contributed by atoms with Crippen LogP contribution in [0, 0.1) is 13.8 Å². The Morgan fingerprint density at radius 2 is 1.65 bits per heavy atom. The van der Waals surface area contributed by atoms with Gasteiger partial charge in [0.1, 0.15) is 0 Å². The van der Waals surface area contributed by atoms with E-state index in [4.69, 9.17) is 4.74 Å². The van der Waals surface area contributed by atoms with Gasteiger partial charge in [-0.15, -0.1) is 0 Å². The van der Waals surface area contributed by atoms with Crippen molar-refractivity contribution in [2.45, 2.75) is 20.3 Å². The molecule has 0 bridgehead atoms. The molecule has 0 heterocycles. The Balaban J connectivity index is 1.87. The maximum absolute atomic E-state index is 12.1. The van der Waals surface area contributed by atoms with Gasteiger partial charge in [0.25, 0.3) is 5.91 Å². The molecule has 1 amide bonds. The number of carbonyl (C=O) groups is 2. The summed E-state index contributed by atoms with van der Waals surface area (Å²) in [6.07, 6.45) is 0.170. The fraction of sp³-hybridized carbons (Fsp3) is 0.263. The lowest BCUT2D eigenvalue weighted by molar-refractivity contribution is -0.147. The normalized spacial score (nSPS) is 10.2. The van der Waals surface area contributed by atoms with E-state index >= 15 is 0 Å². The molecule has 4 heteroatoms. The number of hydrogen-bond acceptors (Lipinski definition) is 3. The average molecular weight is 311 g/mol. The monoisotopic (exact) mass is 311 g/mol. The van der Waals surface area contributed by atoms with Crippen LogP contribution >= 0.6 is 0 Å². The minimum Gasteiger partial charge on any atom is -0.455 e. The number of esters is 1. The fourth-order valence-corrected chi connectivity index (χ4v) is 2.26. The second kappa shape index (κ2) is 7.58. The van der Waals surface area contributed by atoms with Gasteiger partial charge in [-0.05, 0) is 37.1 Å². The first kappa shape index (κ1) is 16.7. The highest BCUT2D eigenvalue weighted by molar-refractivity contribution is 5.94. The highest BCUT2D eigenvalue weighted by Gasteiger charge is 2.14. The molecule has 2 aromatic carbocycles. The minimum absolute atomic E-state index is 0.170. The number of amides is 1. The van der Waals surface area contributed by atoms with Crippen LogP contribution in [-0.2, 0) is 20.7 Å². The van der Waals surface area contributed by atoms with Gasteiger partial charge in [-0.3, -0.25) is 9.59 Å². The van der Waals surface area contributed by atoms with Crippen LogP contribution in [0.25, 0.3) is 0 Å². The van der Waals surface area contributed by atoms with E-state index < -0.39 is 5.97 Å². The Hall–Kier alpha value is -2.62. The van der Waals surface area contributed by atoms with Gasteiger partial charge in [0.2, 0.25) is 0 Å². The second-order valence-corrected chi connectivity index (χ2v) is 5.62. The number of nitrogens with zero attached hydrogens (tertiary/aromatic N) is 1. The molecule has 0 atom stereocenters. The van der Waals surface area contributed by atoms with Crippen molar-refractivity contribution in [3.63, 3.8) is 0 Å². The van der Waals surface area contributed by atoms with Crippen molar-refractivity contribution in [2.24, 2.45) is 0 Å². The lowest BCUT2D eigenvalue weighted by Crippen LogP contribution is -2.31. The summed E-state index contributed by atoms with van der Waals surface area (Å²) in [7, 11) is 1.67. The Kier molecular flexibility index (Phi) is 5.52. The number of benzene rings is 2. The minimum atomic E-state index is -0.401. The van der Waals surface area contributed by atoms with E-state index in [1.54, 1.807) is 7.05 Å². The molecule has 0 N–H and O–H groups in total. The molecule has 0 radical (unpaired) electrons. The quantitative estimate of drug-likeness (QED) is 0.797. The number of anilines is 1. The first-order valence-corrected chi connectivity index (χ1v) is 7.50. The zero-order valence-corrected chi connectivity index (χ0v) is 13.7. The molecule has 0 fully saturated rings. The standard InChI is InChI=1S/C19H21NO3/c1-14-6-4-8-16(10-14)12-19(22)23-13-18(21)20(3)17-9-5-7-15(2)11-17/h4-11H,12-13H2,1-3H3. The topological polar surface area (TPSA) is 46.6 Å². The first-order chi connectivity index (χ1) is 11.0. The van der Waals surface area contributed by atoms with Crippen LogP contribution in [0.3, 0.4) is 0 Å². The Bertz CT molecular complexity index is 709. The summed E-state index contributed by atoms with van der Waals surface area (Å²) in [5, 5.41) is 0. The van der Waals surface area contributed by atoms with E-state index in [0.717, 1.165) is 22.4 Å². The average Bonchev–Trinajstić information content (AvgIpc) is 2.52. The molecule has 0 spiro atoms. The summed E-state index contributed by atoms with van der Waals surface area (Å²) in [6.45, 7) is 3.67. The summed E-state index contributed by atoms with van der Waals surface area (Å²) < 4.78 is 5.09. The van der Waals surface area contributed by atoms with Crippen LogP contribution in [0.15, 0.2) is 48.5 Å². The summed E-state index contributed by atoms with van der Waals surface area (Å²) in [6, 6.07) is 15.3. The number of aryl methyl sites for hydroxylation is 2. The molecule has 23 heavy (non-hydrogen) atoms. The molecule has 0 aliphatic rings. The zero-order chi connectivity index (χ0) is 16.8. The van der Waals surface area contributed by atoms with E-state index in [1.807, 2.05) is 62.4 Å². The Morgan fingerprint density at radius 3 is 2.30 bits per heavy atom. The van der Waals surface area contributed by atoms with E-state index in [0.29, 0.717) is 0 Å². The molecule has 4 nitrogen and oxygen atoms in total. The van der Waals surface area contributed by atoms with Crippen molar-refractivity contribution in [2.75, 3.05) is 18.6 Å². The van der Waals surface area contributed by atoms with Crippen molar-refractivity contribution >= 4 is 17.6 Å². The van der Waals surface area contributed by atoms with Crippen LogP contribution in [0.1, 0.15) is 16.7 Å². The van der Waals surface area contributed by atoms with Gasteiger partial charge in [-0.25, -0.2) is 0 Å². The van der Waals surface area contributed by atoms with Gasteiger partial charge in [0.05, 0.1) is 6.42 Å². The SMILES string of the molecule is Cc1cccc(CC(=O)OCC(=O)N(C)c2cccc(C)c2)c1. The lowest BCUT2D eigenvalue weighted by atomic mass is 10.1. The van der Waals surface area contributed by atoms with Gasteiger partial charge < -0.3 is 9.64 Å². The predicted octanol–water partition coefficient (Wildman–Crippen LogP) is 3.05. The zero-order valence-electron chi connectivity index (χ0n) is 13.7. The van der Waals surface area contributed by atoms with Crippen LogP contribution in [0.2, 0.25) is 0 Å². The van der Waals surface area contributed by atoms with Gasteiger partial charge in [-0.2, -0.15) is 0 Å². The van der Waals surface area contributed by atoms with E-state index in [-0.39, 0.29) is 18.9 Å². The molecule has 0 saturated carbocycles. The molecular weight excluding hydrogens is 290 g/mol. The van der Waals surface area contributed by atoms with Crippen LogP contribution in [-0.4, -0.2) is 25.5 Å². The maximum Gasteiger partial charge on any atom is 0.310 e. The van der Waals surface area contributed by atoms with Gasteiger partial charge in [-0.1, -0.05) is 42.0 Å². The highest BCUT2D eigenvalue weighted by Crippen LogP contribution is 2.14. The van der Waals surface area contributed by atoms with E-state index in [2.05, 4.69) is 0 Å². The third-order valence-electron chi connectivity index (χ3n) is 3.55. The molecule has 2 aromatic rings. The predicted molar refractivity (Wildman–Crippen MR) is 90.4 cm³/mol. The van der Waals surface area contributed by atoms with Crippen molar-refractivity contribution in [1.29, 1.82) is 0 Å². The summed E-state index contributed by atoms with van der Waals surface area (Å²) in [5.41, 5.74) is 3.82. The summed E-state index contributed by atoms with van der Waals surface area (Å²) in [5.74, 6) is -0.658. The number of hydrogen-bond donors (Lipinski definition) is 0. The van der Waals surface area contributed by atoms with Gasteiger partial charge in [0, 0.05) is 12.7 Å². The smallest absolute Gasteiger partial charge is 0.310 e. The third-order valence-corrected chi connectivity index (χ3v) is 3.55. The van der Waals surface area contributed by atoms with Gasteiger partial charge in [0.15, 0.2) is 6.61 Å². The number of carbonyl (C=O) groups excluding carboxylic acids is 2. The number of rotatable bonds is 5. The molecule has 0 unspecified atom stereocenters. The number of likely N-dealkylation sites (N-methyl/N-ethyl adjacent to an activating group) is 1. The lowest BCUT2D eigenvalue weighted by Gasteiger charge is -2.17. The molecule has 0 aliphatic carbocycles. The largest absolute Gasteiger partial charge is 0.455 e. The van der Waals surface area contributed by atoms with Crippen molar-refractivity contribution < 1.29 is 14.3 Å². The third kappa shape index (κ3) is 4.95. The first-order valence-electron chi connectivity index (χ1n) is 7.50. The van der Waals surface area contributed by atoms with Crippen molar-refractivity contribution in [3.8, 4) is 0 Å². The highest BCUT2D eigenvalue weighted by atomic mass is 16.5. The molecule has 0 aromatic heterocycles. The van der Waals surface area contributed by atoms with Crippen molar-refractivity contribution in [3.05, 3.63) is 65.2 Å². The van der Waals surface area contributed by atoms with Gasteiger partial charge >= 0.3 is 5.97 Å². The van der Waals surface area contributed by atoms with Crippen LogP contribution in [0.5, 0.6) is 0 Å². The summed E-state index contributed by atoms with van der Waals surface area (Å²) >= 11 is 0. The van der Waals surface area contributed by atoms with Crippen LogP contribution < -0.4 is 4.90 Å². The van der Waals surface area contributed by atoms with Crippen LogP contribution in [0.4, 0.5) is 5.69 Å². The van der Waals surface area contributed by atoms with E-state index in [9.17, 15) is 9.59 Å².